The molecule has 4 N–H and O–H groups in total. The minimum atomic E-state index is -0.496. The molecule has 0 spiro atoms. The number of aryl methyl sites for hydroxylation is 2. The first-order valence-corrected chi connectivity index (χ1v) is 11.6. The first kappa shape index (κ1) is 27.5. The van der Waals surface area contributed by atoms with Gasteiger partial charge in [0, 0.05) is 31.4 Å². The number of benzene rings is 2. The minimum absolute atomic E-state index is 0.0219. The van der Waals surface area contributed by atoms with Crippen LogP contribution < -0.4 is 21.5 Å². The Hall–Kier alpha value is -3.79. The van der Waals surface area contributed by atoms with Crippen LogP contribution in [0.4, 0.5) is 5.69 Å². The Labute approximate surface area is 210 Å². The summed E-state index contributed by atoms with van der Waals surface area (Å²) in [7, 11) is 0. The van der Waals surface area contributed by atoms with Crippen molar-refractivity contribution in [2.45, 2.75) is 46.0 Å². The van der Waals surface area contributed by atoms with Crippen LogP contribution in [0.2, 0.25) is 0 Å². The zero-order chi connectivity index (χ0) is 25.6. The minimum Gasteiger partial charge on any atom is -0.465 e. The number of esters is 1. The van der Waals surface area contributed by atoms with Gasteiger partial charge in [-0.15, -0.1) is 0 Å². The molecule has 3 amide bonds. The van der Waals surface area contributed by atoms with Gasteiger partial charge in [-0.2, -0.15) is 0 Å². The molecule has 2 aromatic carbocycles. The summed E-state index contributed by atoms with van der Waals surface area (Å²) in [6, 6.07) is 15.2. The van der Waals surface area contributed by atoms with E-state index in [9.17, 15) is 19.2 Å². The number of hydrogen-bond acceptors (Lipinski definition) is 6. The lowest BCUT2D eigenvalue weighted by molar-refractivity contribution is -0.144. The van der Waals surface area contributed by atoms with Crippen molar-refractivity contribution in [2.24, 2.45) is 0 Å². The van der Waals surface area contributed by atoms with Gasteiger partial charge in [0.15, 0.2) is 5.11 Å². The number of rotatable bonds is 10. The summed E-state index contributed by atoms with van der Waals surface area (Å²) in [4.78, 5) is 47.6. The SMILES string of the molecule is Cc1ccc(NC(=O)CCC(=O)NNC(=S)NC(=O)CCC(=O)OCCc2ccccc2)cc1C. The fraction of sp³-hybridized carbons (Fsp3) is 0.320. The van der Waals surface area contributed by atoms with Crippen molar-refractivity contribution in [2.75, 3.05) is 11.9 Å². The molecule has 35 heavy (non-hydrogen) atoms. The topological polar surface area (TPSA) is 126 Å². The highest BCUT2D eigenvalue weighted by Gasteiger charge is 2.11. The summed E-state index contributed by atoms with van der Waals surface area (Å²) in [5.41, 5.74) is 8.61. The molecule has 0 saturated heterocycles. The molecule has 0 fully saturated rings. The van der Waals surface area contributed by atoms with Crippen LogP contribution in [0, 0.1) is 13.8 Å². The second-order valence-electron chi connectivity index (χ2n) is 7.85. The molecule has 0 unspecified atom stereocenters. The number of nitrogens with one attached hydrogen (secondary N) is 4. The number of ether oxygens (including phenoxy) is 1. The molecular formula is C25H30N4O5S. The van der Waals surface area contributed by atoms with Crippen LogP contribution in [0.3, 0.4) is 0 Å². The monoisotopic (exact) mass is 498 g/mol. The van der Waals surface area contributed by atoms with Crippen LogP contribution in [-0.2, 0) is 30.3 Å². The van der Waals surface area contributed by atoms with Crippen molar-refractivity contribution in [1.29, 1.82) is 0 Å². The van der Waals surface area contributed by atoms with E-state index < -0.39 is 17.8 Å². The van der Waals surface area contributed by atoms with E-state index in [2.05, 4.69) is 21.5 Å². The largest absolute Gasteiger partial charge is 0.465 e. The molecule has 9 nitrogen and oxygen atoms in total. The van der Waals surface area contributed by atoms with Gasteiger partial charge in [0.05, 0.1) is 13.0 Å². The van der Waals surface area contributed by atoms with E-state index in [4.69, 9.17) is 17.0 Å². The smallest absolute Gasteiger partial charge is 0.306 e. The second kappa shape index (κ2) is 14.5. The van der Waals surface area contributed by atoms with E-state index in [1.54, 1.807) is 6.07 Å². The number of carbonyl (C=O) groups excluding carboxylic acids is 4. The molecule has 0 atom stereocenters. The van der Waals surface area contributed by atoms with Crippen molar-refractivity contribution in [3.8, 4) is 0 Å². The van der Waals surface area contributed by atoms with E-state index >= 15 is 0 Å². The van der Waals surface area contributed by atoms with Crippen LogP contribution in [0.1, 0.15) is 42.4 Å². The average molecular weight is 499 g/mol. The number of amides is 3. The maximum atomic E-state index is 12.0. The van der Waals surface area contributed by atoms with E-state index in [0.29, 0.717) is 12.1 Å². The molecule has 0 aliphatic carbocycles. The third-order valence-corrected chi connectivity index (χ3v) is 5.20. The van der Waals surface area contributed by atoms with Gasteiger partial charge in [-0.25, -0.2) is 0 Å². The van der Waals surface area contributed by atoms with Crippen molar-refractivity contribution in [1.82, 2.24) is 16.2 Å². The standard InChI is InChI=1S/C25H30N4O5S/c1-17-8-9-20(16-18(17)2)26-21(30)10-11-23(32)28-29-25(35)27-22(31)12-13-24(33)34-15-14-19-6-4-3-5-7-19/h3-9,16H,10-15H2,1-2H3,(H,26,30)(H,28,32)(H2,27,29,31,35). The van der Waals surface area contributed by atoms with Crippen molar-refractivity contribution >= 4 is 46.7 Å². The molecule has 2 rings (SSSR count). The second-order valence-corrected chi connectivity index (χ2v) is 8.26. The molecule has 0 aromatic heterocycles. The highest BCUT2D eigenvalue weighted by atomic mass is 32.1. The van der Waals surface area contributed by atoms with Gasteiger partial charge in [0.25, 0.3) is 0 Å². The molecule has 0 saturated carbocycles. The molecule has 0 aliphatic rings. The maximum Gasteiger partial charge on any atom is 0.306 e. The zero-order valence-corrected chi connectivity index (χ0v) is 20.6. The zero-order valence-electron chi connectivity index (χ0n) is 19.8. The summed E-state index contributed by atoms with van der Waals surface area (Å²) in [6.45, 7) is 4.16. The number of hydrazine groups is 1. The first-order valence-electron chi connectivity index (χ1n) is 11.2. The molecule has 10 heteroatoms. The Morgan fingerprint density at radius 3 is 2.20 bits per heavy atom. The lowest BCUT2D eigenvalue weighted by Crippen LogP contribution is -2.48. The summed E-state index contributed by atoms with van der Waals surface area (Å²) in [5.74, 6) is -1.75. The normalized spacial score (nSPS) is 10.1. The number of thiocarbonyl (C=S) groups is 1. The van der Waals surface area contributed by atoms with E-state index in [1.165, 1.54) is 0 Å². The Morgan fingerprint density at radius 2 is 1.49 bits per heavy atom. The van der Waals surface area contributed by atoms with Crippen LogP contribution in [-0.4, -0.2) is 35.4 Å². The Bertz CT molecular complexity index is 1060. The average Bonchev–Trinajstić information content (AvgIpc) is 2.83. The number of anilines is 1. The highest BCUT2D eigenvalue weighted by molar-refractivity contribution is 7.80. The molecule has 0 radical (unpaired) electrons. The Kier molecular flexibility index (Phi) is 11.3. The van der Waals surface area contributed by atoms with Gasteiger partial charge < -0.3 is 15.4 Å². The summed E-state index contributed by atoms with van der Waals surface area (Å²) in [5, 5.41) is 4.98. The van der Waals surface area contributed by atoms with E-state index in [1.807, 2.05) is 56.3 Å². The molecule has 0 aliphatic heterocycles. The maximum absolute atomic E-state index is 12.0. The third kappa shape index (κ3) is 11.3. The lowest BCUT2D eigenvalue weighted by atomic mass is 10.1. The van der Waals surface area contributed by atoms with Crippen LogP contribution >= 0.6 is 12.2 Å². The van der Waals surface area contributed by atoms with Crippen molar-refractivity contribution in [3.63, 3.8) is 0 Å². The van der Waals surface area contributed by atoms with Gasteiger partial charge in [-0.1, -0.05) is 36.4 Å². The summed E-state index contributed by atoms with van der Waals surface area (Å²) < 4.78 is 5.12. The Balaban J connectivity index is 1.55. The quantitative estimate of drug-likeness (QED) is 0.225. The predicted octanol–water partition coefficient (Wildman–Crippen LogP) is 2.61. The third-order valence-electron chi connectivity index (χ3n) is 4.99. The van der Waals surface area contributed by atoms with Gasteiger partial charge in [0.2, 0.25) is 17.7 Å². The lowest BCUT2D eigenvalue weighted by Gasteiger charge is -2.11. The predicted molar refractivity (Wildman–Crippen MR) is 136 cm³/mol. The van der Waals surface area contributed by atoms with Crippen LogP contribution in [0.25, 0.3) is 0 Å². The van der Waals surface area contributed by atoms with Crippen molar-refractivity contribution < 1.29 is 23.9 Å². The van der Waals surface area contributed by atoms with E-state index in [0.717, 1.165) is 16.7 Å². The molecule has 2 aromatic rings. The molecule has 186 valence electrons. The molecule has 0 bridgehead atoms. The van der Waals surface area contributed by atoms with Gasteiger partial charge >= 0.3 is 5.97 Å². The van der Waals surface area contributed by atoms with Crippen molar-refractivity contribution in [3.05, 3.63) is 65.2 Å². The number of carbonyl (C=O) groups is 4. The summed E-state index contributed by atoms with van der Waals surface area (Å²) >= 11 is 4.94. The van der Waals surface area contributed by atoms with Gasteiger partial charge in [0.1, 0.15) is 0 Å². The van der Waals surface area contributed by atoms with Crippen LogP contribution in [0.5, 0.6) is 0 Å². The first-order chi connectivity index (χ1) is 16.7. The Morgan fingerprint density at radius 1 is 0.800 bits per heavy atom. The molecular weight excluding hydrogens is 468 g/mol. The van der Waals surface area contributed by atoms with Crippen LogP contribution in [0.15, 0.2) is 48.5 Å². The fourth-order valence-corrected chi connectivity index (χ4v) is 3.06. The summed E-state index contributed by atoms with van der Waals surface area (Å²) in [6.07, 6.45) is 0.296. The van der Waals surface area contributed by atoms with Gasteiger partial charge in [-0.05, 0) is 54.9 Å². The highest BCUT2D eigenvalue weighted by Crippen LogP contribution is 2.14. The number of hydrogen-bond donors (Lipinski definition) is 4. The fourth-order valence-electron chi connectivity index (χ4n) is 2.89. The van der Waals surface area contributed by atoms with E-state index in [-0.39, 0.29) is 43.3 Å². The van der Waals surface area contributed by atoms with Gasteiger partial charge in [-0.3, -0.25) is 30.0 Å². The molecule has 0 heterocycles.